The topological polar surface area (TPSA) is 65.5 Å². The minimum absolute atomic E-state index is 0.127. The SMILES string of the molecule is Cc1ccc(C(=O)Nc2cc(F)cc(CN3CCN(C(=O)C4CC(F)(F)C4)C(C)C3)c2C)cn1. The Morgan fingerprint density at radius 1 is 1.18 bits per heavy atom. The van der Waals surface area contributed by atoms with Crippen LogP contribution in [0.1, 0.15) is 46.9 Å². The number of piperazine rings is 1. The molecule has 6 nitrogen and oxygen atoms in total. The third-order valence-electron chi connectivity index (χ3n) is 6.73. The maximum Gasteiger partial charge on any atom is 0.257 e. The monoisotopic (exact) mass is 474 g/mol. The van der Waals surface area contributed by atoms with Gasteiger partial charge in [-0.25, -0.2) is 13.2 Å². The summed E-state index contributed by atoms with van der Waals surface area (Å²) in [7, 11) is 0. The van der Waals surface area contributed by atoms with E-state index in [1.54, 1.807) is 17.0 Å². The van der Waals surface area contributed by atoms with E-state index in [0.29, 0.717) is 37.4 Å². The summed E-state index contributed by atoms with van der Waals surface area (Å²) < 4.78 is 40.8. The van der Waals surface area contributed by atoms with Crippen LogP contribution in [0.2, 0.25) is 0 Å². The molecule has 1 saturated heterocycles. The molecule has 1 atom stereocenters. The molecule has 9 heteroatoms. The average molecular weight is 475 g/mol. The standard InChI is InChI=1S/C25H29F3N4O2/c1-15-4-5-18(12-29-15)23(33)30-22-9-21(26)8-19(17(22)3)14-31-6-7-32(16(2)13-31)24(34)20-10-25(27,28)11-20/h4-5,8-9,12,16,20H,6-7,10-11,13-14H2,1-3H3,(H,30,33). The Hall–Kier alpha value is -2.94. The first kappa shape index (κ1) is 24.2. The van der Waals surface area contributed by atoms with Crippen LogP contribution in [0.25, 0.3) is 0 Å². The lowest BCUT2D eigenvalue weighted by Crippen LogP contribution is -2.57. The number of nitrogens with one attached hydrogen (secondary N) is 1. The number of pyridine rings is 1. The van der Waals surface area contributed by atoms with Gasteiger partial charge in [-0.05, 0) is 56.2 Å². The summed E-state index contributed by atoms with van der Waals surface area (Å²) in [4.78, 5) is 33.1. The van der Waals surface area contributed by atoms with Crippen molar-refractivity contribution in [3.63, 3.8) is 0 Å². The third kappa shape index (κ3) is 5.24. The fourth-order valence-electron chi connectivity index (χ4n) is 4.64. The number of benzene rings is 1. The molecule has 0 bridgehead atoms. The molecule has 2 amide bonds. The molecular weight excluding hydrogens is 445 g/mol. The van der Waals surface area contributed by atoms with Gasteiger partial charge in [0.05, 0.1) is 5.56 Å². The number of halogens is 3. The Morgan fingerprint density at radius 2 is 1.91 bits per heavy atom. The quantitative estimate of drug-likeness (QED) is 0.707. The molecule has 2 aromatic rings. The van der Waals surface area contributed by atoms with Gasteiger partial charge in [0.25, 0.3) is 5.91 Å². The Morgan fingerprint density at radius 3 is 2.53 bits per heavy atom. The van der Waals surface area contributed by atoms with Gasteiger partial charge in [0.15, 0.2) is 0 Å². The number of rotatable bonds is 5. The minimum Gasteiger partial charge on any atom is -0.337 e. The summed E-state index contributed by atoms with van der Waals surface area (Å²) in [5.41, 5.74) is 3.08. The van der Waals surface area contributed by atoms with Crippen LogP contribution in [-0.4, -0.2) is 58.2 Å². The molecular formula is C25H29F3N4O2. The molecule has 0 radical (unpaired) electrons. The summed E-state index contributed by atoms with van der Waals surface area (Å²) >= 11 is 0. The number of alkyl halides is 2. The first-order valence-electron chi connectivity index (χ1n) is 11.5. The molecule has 1 N–H and O–H groups in total. The minimum atomic E-state index is -2.72. The fourth-order valence-corrected chi connectivity index (χ4v) is 4.64. The Kier molecular flexibility index (Phi) is 6.66. The number of carbonyl (C=O) groups is 2. The summed E-state index contributed by atoms with van der Waals surface area (Å²) in [6, 6.07) is 6.03. The zero-order valence-corrected chi connectivity index (χ0v) is 19.6. The van der Waals surface area contributed by atoms with Crippen LogP contribution >= 0.6 is 0 Å². The van der Waals surface area contributed by atoms with Crippen LogP contribution in [0.15, 0.2) is 30.5 Å². The number of amides is 2. The van der Waals surface area contributed by atoms with Crippen molar-refractivity contribution >= 4 is 17.5 Å². The number of aromatic nitrogens is 1. The van der Waals surface area contributed by atoms with E-state index in [9.17, 15) is 22.8 Å². The highest BCUT2D eigenvalue weighted by atomic mass is 19.3. The van der Waals surface area contributed by atoms with Crippen molar-refractivity contribution in [3.05, 3.63) is 58.7 Å². The predicted octanol–water partition coefficient (Wildman–Crippen LogP) is 4.17. The van der Waals surface area contributed by atoms with Crippen molar-refractivity contribution in [3.8, 4) is 0 Å². The van der Waals surface area contributed by atoms with Crippen LogP contribution in [0.4, 0.5) is 18.9 Å². The van der Waals surface area contributed by atoms with Gasteiger partial charge in [-0.1, -0.05) is 0 Å². The summed E-state index contributed by atoms with van der Waals surface area (Å²) in [5.74, 6) is -4.33. The average Bonchev–Trinajstić information content (AvgIpc) is 2.75. The Labute approximate surface area is 197 Å². The molecule has 1 aromatic heterocycles. The van der Waals surface area contributed by atoms with Crippen LogP contribution < -0.4 is 5.32 Å². The highest BCUT2D eigenvalue weighted by Gasteiger charge is 2.50. The highest BCUT2D eigenvalue weighted by molar-refractivity contribution is 6.04. The largest absolute Gasteiger partial charge is 0.337 e. The molecule has 4 rings (SSSR count). The molecule has 1 saturated carbocycles. The van der Waals surface area contributed by atoms with Crippen molar-refractivity contribution in [1.82, 2.24) is 14.8 Å². The second kappa shape index (κ2) is 9.37. The molecule has 1 aromatic carbocycles. The fraction of sp³-hybridized carbons (Fsp3) is 0.480. The van der Waals surface area contributed by atoms with E-state index in [0.717, 1.165) is 16.8 Å². The van der Waals surface area contributed by atoms with Gasteiger partial charge in [0, 0.05) is 68.6 Å². The van der Waals surface area contributed by atoms with Crippen molar-refractivity contribution in [2.75, 3.05) is 25.0 Å². The molecule has 1 aliphatic heterocycles. The van der Waals surface area contributed by atoms with Crippen molar-refractivity contribution in [2.45, 2.75) is 52.1 Å². The molecule has 182 valence electrons. The summed E-state index contributed by atoms with van der Waals surface area (Å²) in [6.45, 7) is 7.58. The van der Waals surface area contributed by atoms with Gasteiger partial charge in [-0.3, -0.25) is 19.5 Å². The van der Waals surface area contributed by atoms with Crippen molar-refractivity contribution in [1.29, 1.82) is 0 Å². The highest BCUT2D eigenvalue weighted by Crippen LogP contribution is 2.43. The smallest absolute Gasteiger partial charge is 0.257 e. The first-order chi connectivity index (χ1) is 16.0. The number of aryl methyl sites for hydroxylation is 1. The number of anilines is 1. The lowest BCUT2D eigenvalue weighted by molar-refractivity contribution is -0.163. The van der Waals surface area contributed by atoms with Crippen LogP contribution in [0.5, 0.6) is 0 Å². The Balaban J connectivity index is 1.40. The molecule has 1 aliphatic carbocycles. The number of nitrogens with zero attached hydrogens (tertiary/aromatic N) is 3. The van der Waals surface area contributed by atoms with E-state index in [1.165, 1.54) is 18.3 Å². The maximum absolute atomic E-state index is 14.4. The van der Waals surface area contributed by atoms with Gasteiger partial charge in [-0.15, -0.1) is 0 Å². The van der Waals surface area contributed by atoms with Gasteiger partial charge < -0.3 is 10.2 Å². The van der Waals surface area contributed by atoms with E-state index in [1.807, 2.05) is 20.8 Å². The second-order valence-electron chi connectivity index (χ2n) is 9.46. The van der Waals surface area contributed by atoms with Crippen LogP contribution in [-0.2, 0) is 11.3 Å². The molecule has 1 unspecified atom stereocenters. The molecule has 2 fully saturated rings. The second-order valence-corrected chi connectivity index (χ2v) is 9.46. The van der Waals surface area contributed by atoms with E-state index in [-0.39, 0.29) is 30.7 Å². The van der Waals surface area contributed by atoms with Crippen LogP contribution in [0, 0.1) is 25.6 Å². The van der Waals surface area contributed by atoms with Gasteiger partial charge in [0.1, 0.15) is 5.82 Å². The molecule has 2 heterocycles. The number of hydrogen-bond acceptors (Lipinski definition) is 4. The normalized spacial score (nSPS) is 20.6. The van der Waals surface area contributed by atoms with E-state index < -0.39 is 17.7 Å². The van der Waals surface area contributed by atoms with Gasteiger partial charge >= 0.3 is 0 Å². The predicted molar refractivity (Wildman–Crippen MR) is 122 cm³/mol. The summed E-state index contributed by atoms with van der Waals surface area (Å²) in [5, 5.41) is 2.78. The van der Waals surface area contributed by atoms with Gasteiger partial charge in [0.2, 0.25) is 11.8 Å². The number of carbonyl (C=O) groups excluding carboxylic acids is 2. The van der Waals surface area contributed by atoms with E-state index in [4.69, 9.17) is 0 Å². The maximum atomic E-state index is 14.4. The number of hydrogen-bond donors (Lipinski definition) is 1. The zero-order chi connectivity index (χ0) is 24.6. The van der Waals surface area contributed by atoms with E-state index in [2.05, 4.69) is 15.2 Å². The van der Waals surface area contributed by atoms with Crippen molar-refractivity contribution < 1.29 is 22.8 Å². The first-order valence-corrected chi connectivity index (χ1v) is 11.5. The molecule has 0 spiro atoms. The molecule has 34 heavy (non-hydrogen) atoms. The summed E-state index contributed by atoms with van der Waals surface area (Å²) in [6.07, 6.45) is 0.746. The molecule has 2 aliphatic rings. The lowest BCUT2D eigenvalue weighted by atomic mass is 9.80. The van der Waals surface area contributed by atoms with E-state index >= 15 is 0 Å². The lowest BCUT2D eigenvalue weighted by Gasteiger charge is -2.44. The third-order valence-corrected chi connectivity index (χ3v) is 6.73. The van der Waals surface area contributed by atoms with Crippen molar-refractivity contribution in [2.24, 2.45) is 5.92 Å². The zero-order valence-electron chi connectivity index (χ0n) is 19.6. The van der Waals surface area contributed by atoms with Gasteiger partial charge in [-0.2, -0.15) is 0 Å². The van der Waals surface area contributed by atoms with Crippen LogP contribution in [0.3, 0.4) is 0 Å². The Bertz CT molecular complexity index is 1080.